The van der Waals surface area contributed by atoms with Crippen molar-refractivity contribution in [3.8, 4) is 0 Å². The molecule has 1 aromatic carbocycles. The lowest BCUT2D eigenvalue weighted by atomic mass is 9.95. The van der Waals surface area contributed by atoms with Gasteiger partial charge in [0.15, 0.2) is 0 Å². The van der Waals surface area contributed by atoms with Gasteiger partial charge in [0.05, 0.1) is 19.3 Å². The van der Waals surface area contributed by atoms with Crippen LogP contribution in [0.2, 0.25) is 0 Å². The number of hydrogen-bond donors (Lipinski definition) is 1. The van der Waals surface area contributed by atoms with Crippen molar-refractivity contribution in [1.29, 1.82) is 0 Å². The quantitative estimate of drug-likeness (QED) is 0.900. The Labute approximate surface area is 154 Å². The molecular weight excluding hydrogens is 326 g/mol. The number of pyridine rings is 1. The molecule has 2 aliphatic rings. The zero-order valence-electron chi connectivity index (χ0n) is 14.9. The minimum atomic E-state index is -0.0202. The maximum Gasteiger partial charge on any atom is 0.251 e. The molecule has 1 aromatic heterocycles. The van der Waals surface area contributed by atoms with Crippen molar-refractivity contribution in [2.45, 2.75) is 25.3 Å². The number of amides is 1. The van der Waals surface area contributed by atoms with E-state index in [1.807, 2.05) is 24.3 Å². The Bertz CT molecular complexity index is 727. The average molecular weight is 351 g/mol. The largest absolute Gasteiger partial charge is 0.379 e. The first-order chi connectivity index (χ1) is 12.8. The Morgan fingerprint density at radius 2 is 1.81 bits per heavy atom. The summed E-state index contributed by atoms with van der Waals surface area (Å²) >= 11 is 0. The molecule has 1 amide bonds. The molecule has 2 fully saturated rings. The number of carbonyl (C=O) groups is 1. The zero-order valence-corrected chi connectivity index (χ0v) is 14.9. The van der Waals surface area contributed by atoms with Crippen molar-refractivity contribution < 1.29 is 9.53 Å². The molecule has 136 valence electrons. The third-order valence-electron chi connectivity index (χ3n) is 5.36. The lowest BCUT2D eigenvalue weighted by molar-refractivity contribution is 0.0925. The number of anilines is 1. The van der Waals surface area contributed by atoms with E-state index in [0.29, 0.717) is 24.7 Å². The van der Waals surface area contributed by atoms with Gasteiger partial charge in [0, 0.05) is 42.7 Å². The van der Waals surface area contributed by atoms with Gasteiger partial charge in [-0.3, -0.25) is 9.78 Å². The van der Waals surface area contributed by atoms with Gasteiger partial charge in [-0.1, -0.05) is 0 Å². The average Bonchev–Trinajstić information content (AvgIpc) is 3.35. The minimum Gasteiger partial charge on any atom is -0.379 e. The third kappa shape index (κ3) is 3.88. The number of rotatable bonds is 5. The van der Waals surface area contributed by atoms with E-state index in [1.54, 1.807) is 12.4 Å². The second-order valence-electron chi connectivity index (χ2n) is 7.18. The van der Waals surface area contributed by atoms with Crippen molar-refractivity contribution >= 4 is 11.6 Å². The number of carbonyl (C=O) groups excluding carboxylic acids is 1. The number of ether oxygens (including phenoxy) is 1. The van der Waals surface area contributed by atoms with Crippen LogP contribution < -0.4 is 10.2 Å². The van der Waals surface area contributed by atoms with Crippen molar-refractivity contribution in [1.82, 2.24) is 10.3 Å². The molecule has 0 radical (unpaired) electrons. The molecule has 2 atom stereocenters. The second-order valence-corrected chi connectivity index (χ2v) is 7.18. The maximum absolute atomic E-state index is 12.6. The fourth-order valence-electron chi connectivity index (χ4n) is 3.83. The molecule has 0 saturated carbocycles. The Balaban J connectivity index is 1.37. The molecule has 4 rings (SSSR count). The first-order valence-electron chi connectivity index (χ1n) is 9.42. The van der Waals surface area contributed by atoms with Gasteiger partial charge in [-0.15, -0.1) is 0 Å². The minimum absolute atomic E-state index is 0.0202. The van der Waals surface area contributed by atoms with Crippen molar-refractivity contribution in [3.05, 3.63) is 59.9 Å². The second kappa shape index (κ2) is 7.87. The van der Waals surface area contributed by atoms with Crippen LogP contribution in [0.4, 0.5) is 5.69 Å². The van der Waals surface area contributed by atoms with Crippen LogP contribution in [-0.2, 0) is 11.2 Å². The highest BCUT2D eigenvalue weighted by molar-refractivity contribution is 5.94. The SMILES string of the molecule is O=C(N[C@@H]1COC[C@H]1Cc1ccncc1)c1ccc(N2CCCC2)cc1. The molecule has 26 heavy (non-hydrogen) atoms. The number of nitrogens with zero attached hydrogens (tertiary/aromatic N) is 2. The van der Waals surface area contributed by atoms with Gasteiger partial charge in [-0.05, 0) is 61.2 Å². The van der Waals surface area contributed by atoms with E-state index in [1.165, 1.54) is 24.1 Å². The highest BCUT2D eigenvalue weighted by atomic mass is 16.5. The smallest absolute Gasteiger partial charge is 0.251 e. The number of nitrogens with one attached hydrogen (secondary N) is 1. The first-order valence-corrected chi connectivity index (χ1v) is 9.42. The maximum atomic E-state index is 12.6. The lowest BCUT2D eigenvalue weighted by Crippen LogP contribution is -2.40. The summed E-state index contributed by atoms with van der Waals surface area (Å²) in [6.45, 7) is 3.48. The molecular formula is C21H25N3O2. The van der Waals surface area contributed by atoms with E-state index in [4.69, 9.17) is 4.74 Å². The third-order valence-corrected chi connectivity index (χ3v) is 5.36. The zero-order chi connectivity index (χ0) is 17.8. The van der Waals surface area contributed by atoms with E-state index in [9.17, 15) is 4.79 Å². The van der Waals surface area contributed by atoms with Crippen LogP contribution >= 0.6 is 0 Å². The van der Waals surface area contributed by atoms with Gasteiger partial charge in [-0.25, -0.2) is 0 Å². The monoisotopic (exact) mass is 351 g/mol. The summed E-state index contributed by atoms with van der Waals surface area (Å²) in [6, 6.07) is 12.1. The molecule has 0 bridgehead atoms. The van der Waals surface area contributed by atoms with Crippen LogP contribution in [-0.4, -0.2) is 43.2 Å². The van der Waals surface area contributed by atoms with Crippen LogP contribution in [0, 0.1) is 5.92 Å². The lowest BCUT2D eigenvalue weighted by Gasteiger charge is -2.20. The van der Waals surface area contributed by atoms with Gasteiger partial charge in [0.1, 0.15) is 0 Å². The highest BCUT2D eigenvalue weighted by Crippen LogP contribution is 2.22. The predicted octanol–water partition coefficient (Wildman–Crippen LogP) is 2.67. The molecule has 5 nitrogen and oxygen atoms in total. The Morgan fingerprint density at radius 1 is 1.08 bits per heavy atom. The summed E-state index contributed by atoms with van der Waals surface area (Å²) in [6.07, 6.45) is 7.01. The first kappa shape index (κ1) is 17.0. The molecule has 5 heteroatoms. The molecule has 2 aromatic rings. The van der Waals surface area contributed by atoms with Crippen LogP contribution in [0.15, 0.2) is 48.8 Å². The molecule has 0 unspecified atom stereocenters. The molecule has 2 aliphatic heterocycles. The van der Waals surface area contributed by atoms with Gasteiger partial charge >= 0.3 is 0 Å². The summed E-state index contributed by atoms with van der Waals surface area (Å²) in [7, 11) is 0. The Kier molecular flexibility index (Phi) is 5.16. The molecule has 3 heterocycles. The number of benzene rings is 1. The van der Waals surface area contributed by atoms with Crippen LogP contribution in [0.3, 0.4) is 0 Å². The van der Waals surface area contributed by atoms with E-state index in [-0.39, 0.29) is 11.9 Å². The number of hydrogen-bond acceptors (Lipinski definition) is 4. The highest BCUT2D eigenvalue weighted by Gasteiger charge is 2.30. The molecule has 1 N–H and O–H groups in total. The van der Waals surface area contributed by atoms with Crippen LogP contribution in [0.25, 0.3) is 0 Å². The summed E-state index contributed by atoms with van der Waals surface area (Å²) in [5.41, 5.74) is 3.14. The van der Waals surface area contributed by atoms with Crippen molar-refractivity contribution in [2.75, 3.05) is 31.2 Å². The summed E-state index contributed by atoms with van der Waals surface area (Å²) in [4.78, 5) is 19.1. The summed E-state index contributed by atoms with van der Waals surface area (Å²) in [5, 5.41) is 3.16. The van der Waals surface area contributed by atoms with E-state index >= 15 is 0 Å². The van der Waals surface area contributed by atoms with Gasteiger partial charge < -0.3 is 15.0 Å². The van der Waals surface area contributed by atoms with Crippen LogP contribution in [0.5, 0.6) is 0 Å². The van der Waals surface area contributed by atoms with E-state index < -0.39 is 0 Å². The van der Waals surface area contributed by atoms with Crippen molar-refractivity contribution in [3.63, 3.8) is 0 Å². The Morgan fingerprint density at radius 3 is 2.54 bits per heavy atom. The molecule has 2 saturated heterocycles. The number of aromatic nitrogens is 1. The fourth-order valence-corrected chi connectivity index (χ4v) is 3.83. The predicted molar refractivity (Wildman–Crippen MR) is 101 cm³/mol. The van der Waals surface area contributed by atoms with E-state index in [0.717, 1.165) is 19.5 Å². The molecule has 0 aliphatic carbocycles. The standard InChI is InChI=1S/C21H25N3O2/c25-21(17-3-5-19(6-4-17)24-11-1-2-12-24)23-20-15-26-14-18(20)13-16-7-9-22-10-8-16/h3-10,18,20H,1-2,11-15H2,(H,23,25)/t18-,20-/m1/s1. The van der Waals surface area contributed by atoms with Gasteiger partial charge in [0.2, 0.25) is 0 Å². The normalized spacial score (nSPS) is 22.5. The van der Waals surface area contributed by atoms with Gasteiger partial charge in [-0.2, -0.15) is 0 Å². The summed E-state index contributed by atoms with van der Waals surface area (Å²) < 4.78 is 5.63. The van der Waals surface area contributed by atoms with Crippen molar-refractivity contribution in [2.24, 2.45) is 5.92 Å². The van der Waals surface area contributed by atoms with Crippen LogP contribution in [0.1, 0.15) is 28.8 Å². The van der Waals surface area contributed by atoms with Gasteiger partial charge in [0.25, 0.3) is 5.91 Å². The van der Waals surface area contributed by atoms with E-state index in [2.05, 4.69) is 27.3 Å². The molecule has 0 spiro atoms. The fraction of sp³-hybridized carbons (Fsp3) is 0.429. The topological polar surface area (TPSA) is 54.5 Å². The Hall–Kier alpha value is -2.40. The summed E-state index contributed by atoms with van der Waals surface area (Å²) in [5.74, 6) is 0.276.